The molecule has 0 amide bonds. The SMILES string of the molecule is COCCC(C)(O)CNc1ncnc(NN)c1OC. The molecule has 1 atom stereocenters. The fourth-order valence-electron chi connectivity index (χ4n) is 1.48. The number of aromatic nitrogens is 2. The summed E-state index contributed by atoms with van der Waals surface area (Å²) in [4.78, 5) is 7.98. The van der Waals surface area contributed by atoms with Gasteiger partial charge in [-0.2, -0.15) is 0 Å². The summed E-state index contributed by atoms with van der Waals surface area (Å²) in [6.45, 7) is 2.49. The van der Waals surface area contributed by atoms with Crippen molar-refractivity contribution < 1.29 is 14.6 Å². The predicted molar refractivity (Wildman–Crippen MR) is 72.0 cm³/mol. The zero-order valence-electron chi connectivity index (χ0n) is 11.4. The zero-order chi connectivity index (χ0) is 14.3. The summed E-state index contributed by atoms with van der Waals surface area (Å²) < 4.78 is 10.1. The third-order valence-electron chi connectivity index (χ3n) is 2.63. The molecule has 1 rings (SSSR count). The molecule has 0 bridgehead atoms. The van der Waals surface area contributed by atoms with E-state index >= 15 is 0 Å². The van der Waals surface area contributed by atoms with Crippen molar-refractivity contribution in [3.8, 4) is 5.75 Å². The lowest BCUT2D eigenvalue weighted by Gasteiger charge is -2.24. The average molecular weight is 271 g/mol. The first-order chi connectivity index (χ1) is 9.04. The number of hydrogen-bond donors (Lipinski definition) is 4. The molecule has 1 aromatic rings. The molecule has 0 saturated carbocycles. The van der Waals surface area contributed by atoms with Crippen molar-refractivity contribution >= 4 is 11.6 Å². The number of hydrazine groups is 1. The summed E-state index contributed by atoms with van der Waals surface area (Å²) in [5.74, 6) is 6.56. The Kier molecular flexibility index (Phi) is 5.74. The highest BCUT2D eigenvalue weighted by Gasteiger charge is 2.21. The summed E-state index contributed by atoms with van der Waals surface area (Å²) in [6, 6.07) is 0. The van der Waals surface area contributed by atoms with E-state index in [0.717, 1.165) is 0 Å². The lowest BCUT2D eigenvalue weighted by molar-refractivity contribution is 0.0356. The highest BCUT2D eigenvalue weighted by molar-refractivity contribution is 5.63. The number of aliphatic hydroxyl groups is 1. The average Bonchev–Trinajstić information content (AvgIpc) is 2.42. The summed E-state index contributed by atoms with van der Waals surface area (Å²) in [7, 11) is 3.09. The lowest BCUT2D eigenvalue weighted by atomic mass is 10.0. The first-order valence-electron chi connectivity index (χ1n) is 5.85. The Hall–Kier alpha value is -1.64. The topological polar surface area (TPSA) is 115 Å². The zero-order valence-corrected chi connectivity index (χ0v) is 11.4. The van der Waals surface area contributed by atoms with Crippen LogP contribution in [-0.2, 0) is 4.74 Å². The predicted octanol–water partition coefficient (Wildman–Crippen LogP) is -0.0298. The molecule has 0 saturated heterocycles. The van der Waals surface area contributed by atoms with Gasteiger partial charge < -0.3 is 25.3 Å². The summed E-state index contributed by atoms with van der Waals surface area (Å²) in [5, 5.41) is 13.1. The number of rotatable bonds is 8. The standard InChI is InChI=1S/C11H21N5O3/c1-11(17,4-5-18-2)6-13-9-8(19-3)10(16-12)15-7-14-9/h7,17H,4-6,12H2,1-3H3,(H2,13,14,15,16). The number of ether oxygens (including phenoxy) is 2. The third-order valence-corrected chi connectivity index (χ3v) is 2.63. The van der Waals surface area contributed by atoms with Gasteiger partial charge in [0.05, 0.1) is 12.7 Å². The van der Waals surface area contributed by atoms with Crippen molar-refractivity contribution in [1.82, 2.24) is 9.97 Å². The Labute approximate surface area is 112 Å². The van der Waals surface area contributed by atoms with Gasteiger partial charge in [-0.3, -0.25) is 0 Å². The number of hydrogen-bond acceptors (Lipinski definition) is 8. The van der Waals surface area contributed by atoms with Gasteiger partial charge in [-0.05, 0) is 6.92 Å². The normalized spacial score (nSPS) is 13.7. The van der Waals surface area contributed by atoms with Crippen molar-refractivity contribution in [2.45, 2.75) is 18.9 Å². The first kappa shape index (κ1) is 15.4. The Morgan fingerprint density at radius 3 is 2.63 bits per heavy atom. The van der Waals surface area contributed by atoms with Crippen molar-refractivity contribution in [1.29, 1.82) is 0 Å². The van der Waals surface area contributed by atoms with Crippen LogP contribution in [0.3, 0.4) is 0 Å². The summed E-state index contributed by atoms with van der Waals surface area (Å²) >= 11 is 0. The third kappa shape index (κ3) is 4.51. The van der Waals surface area contributed by atoms with Crippen molar-refractivity contribution in [3.05, 3.63) is 6.33 Å². The van der Waals surface area contributed by atoms with Crippen LogP contribution in [0.5, 0.6) is 5.75 Å². The molecule has 1 unspecified atom stereocenters. The maximum absolute atomic E-state index is 10.1. The minimum Gasteiger partial charge on any atom is -0.490 e. The Bertz CT molecular complexity index is 400. The van der Waals surface area contributed by atoms with Gasteiger partial charge in [0.25, 0.3) is 0 Å². The van der Waals surface area contributed by atoms with Gasteiger partial charge in [0.1, 0.15) is 6.33 Å². The Morgan fingerprint density at radius 2 is 2.05 bits per heavy atom. The van der Waals surface area contributed by atoms with Crippen LogP contribution in [0, 0.1) is 0 Å². The largest absolute Gasteiger partial charge is 0.490 e. The van der Waals surface area contributed by atoms with Crippen LogP contribution in [0.15, 0.2) is 6.33 Å². The van der Waals surface area contributed by atoms with E-state index in [4.69, 9.17) is 15.3 Å². The molecule has 0 aliphatic heterocycles. The van der Waals surface area contributed by atoms with Gasteiger partial charge in [0, 0.05) is 26.7 Å². The molecule has 0 fully saturated rings. The molecule has 0 aliphatic rings. The number of nitrogens with one attached hydrogen (secondary N) is 2. The van der Waals surface area contributed by atoms with Crippen molar-refractivity contribution in [2.75, 3.05) is 38.1 Å². The minimum atomic E-state index is -0.914. The molecule has 0 aliphatic carbocycles. The van der Waals surface area contributed by atoms with E-state index in [1.807, 2.05) is 0 Å². The minimum absolute atomic E-state index is 0.299. The fraction of sp³-hybridized carbons (Fsp3) is 0.636. The van der Waals surface area contributed by atoms with Crippen LogP contribution < -0.4 is 21.3 Å². The summed E-state index contributed by atoms with van der Waals surface area (Å²) in [5.41, 5.74) is 1.51. The fourth-order valence-corrected chi connectivity index (χ4v) is 1.48. The maximum Gasteiger partial charge on any atom is 0.205 e. The number of anilines is 2. The van der Waals surface area contributed by atoms with E-state index in [0.29, 0.717) is 37.0 Å². The van der Waals surface area contributed by atoms with Crippen molar-refractivity contribution in [2.24, 2.45) is 5.84 Å². The van der Waals surface area contributed by atoms with Crippen molar-refractivity contribution in [3.63, 3.8) is 0 Å². The first-order valence-corrected chi connectivity index (χ1v) is 5.85. The van der Waals surface area contributed by atoms with Crippen LogP contribution in [0.4, 0.5) is 11.6 Å². The van der Waals surface area contributed by atoms with Gasteiger partial charge in [0.15, 0.2) is 11.6 Å². The second-order valence-corrected chi connectivity index (χ2v) is 4.34. The van der Waals surface area contributed by atoms with Crippen LogP contribution in [0.1, 0.15) is 13.3 Å². The van der Waals surface area contributed by atoms with E-state index in [1.165, 1.54) is 13.4 Å². The van der Waals surface area contributed by atoms with Crippen LogP contribution in [-0.4, -0.2) is 48.0 Å². The number of nitrogen functional groups attached to an aromatic ring is 1. The van der Waals surface area contributed by atoms with Crippen LogP contribution in [0.2, 0.25) is 0 Å². The molecule has 19 heavy (non-hydrogen) atoms. The van der Waals surface area contributed by atoms with Gasteiger partial charge in [-0.15, -0.1) is 0 Å². The molecule has 0 spiro atoms. The van der Waals surface area contributed by atoms with Crippen LogP contribution >= 0.6 is 0 Å². The number of methoxy groups -OCH3 is 2. The van der Waals surface area contributed by atoms with Gasteiger partial charge in [0.2, 0.25) is 5.75 Å². The number of nitrogens with two attached hydrogens (primary N) is 1. The molecule has 0 radical (unpaired) electrons. The Balaban J connectivity index is 2.72. The smallest absolute Gasteiger partial charge is 0.205 e. The molecular formula is C11H21N5O3. The molecular weight excluding hydrogens is 250 g/mol. The second kappa shape index (κ2) is 7.07. The molecule has 8 heteroatoms. The van der Waals surface area contributed by atoms with Gasteiger partial charge in [-0.1, -0.05) is 0 Å². The second-order valence-electron chi connectivity index (χ2n) is 4.34. The van der Waals surface area contributed by atoms with E-state index in [9.17, 15) is 5.11 Å². The highest BCUT2D eigenvalue weighted by Crippen LogP contribution is 2.28. The molecule has 5 N–H and O–H groups in total. The molecule has 1 aromatic heterocycles. The van der Waals surface area contributed by atoms with E-state index in [1.54, 1.807) is 14.0 Å². The monoisotopic (exact) mass is 271 g/mol. The Morgan fingerprint density at radius 1 is 1.37 bits per heavy atom. The molecule has 8 nitrogen and oxygen atoms in total. The molecule has 1 heterocycles. The molecule has 0 aromatic carbocycles. The lowest BCUT2D eigenvalue weighted by Crippen LogP contribution is -2.35. The van der Waals surface area contributed by atoms with Gasteiger partial charge in [-0.25, -0.2) is 15.8 Å². The van der Waals surface area contributed by atoms with E-state index in [-0.39, 0.29) is 0 Å². The van der Waals surface area contributed by atoms with E-state index < -0.39 is 5.60 Å². The molecule has 108 valence electrons. The highest BCUT2D eigenvalue weighted by atomic mass is 16.5. The quantitative estimate of drug-likeness (QED) is 0.385. The maximum atomic E-state index is 10.1. The van der Waals surface area contributed by atoms with Crippen LogP contribution in [0.25, 0.3) is 0 Å². The van der Waals surface area contributed by atoms with E-state index in [2.05, 4.69) is 20.7 Å². The number of nitrogens with zero attached hydrogens (tertiary/aromatic N) is 2. The summed E-state index contributed by atoms with van der Waals surface area (Å²) in [6.07, 6.45) is 1.86. The van der Waals surface area contributed by atoms with Gasteiger partial charge >= 0.3 is 0 Å².